The molecule has 2 aromatic rings. The van der Waals surface area contributed by atoms with Crippen molar-refractivity contribution in [2.24, 2.45) is 5.10 Å². The second-order valence-electron chi connectivity index (χ2n) is 5.01. The van der Waals surface area contributed by atoms with Crippen LogP contribution in [0.1, 0.15) is 12.5 Å². The van der Waals surface area contributed by atoms with E-state index in [1.807, 2.05) is 37.3 Å². The maximum absolute atomic E-state index is 12.7. The first-order valence-electron chi connectivity index (χ1n) is 6.78. The lowest BCUT2D eigenvalue weighted by molar-refractivity contribution is -0.114. The molecule has 0 aromatic heterocycles. The molecule has 3 rings (SSSR count). The summed E-state index contributed by atoms with van der Waals surface area (Å²) < 4.78 is 1.11. The van der Waals surface area contributed by atoms with E-state index in [4.69, 9.17) is 23.2 Å². The average Bonchev–Trinajstić information content (AvgIpc) is 2.78. The van der Waals surface area contributed by atoms with Gasteiger partial charge in [-0.15, -0.1) is 0 Å². The van der Waals surface area contributed by atoms with Crippen molar-refractivity contribution >= 4 is 69.2 Å². The van der Waals surface area contributed by atoms with Crippen LogP contribution in [0.25, 0.3) is 6.08 Å². The molecule has 116 valence electrons. The van der Waals surface area contributed by atoms with Gasteiger partial charge >= 0.3 is 0 Å². The first kappa shape index (κ1) is 16.5. The third-order valence-electron chi connectivity index (χ3n) is 3.37. The number of nitrogens with zero attached hydrogens (tertiary/aromatic N) is 2. The molecule has 1 aliphatic heterocycles. The SMILES string of the molecule is CC1=NN(c2ccc(Cl)c(Cl)c2)C(=O)/C1=C\c1cccc(I)c1. The molecule has 1 amide bonds. The van der Waals surface area contributed by atoms with Crippen molar-refractivity contribution in [3.05, 3.63) is 67.2 Å². The lowest BCUT2D eigenvalue weighted by Gasteiger charge is -2.12. The molecule has 0 bridgehead atoms. The second-order valence-corrected chi connectivity index (χ2v) is 7.07. The highest BCUT2D eigenvalue weighted by molar-refractivity contribution is 14.1. The van der Waals surface area contributed by atoms with Crippen molar-refractivity contribution in [1.82, 2.24) is 0 Å². The van der Waals surface area contributed by atoms with Gasteiger partial charge in [0.05, 0.1) is 27.0 Å². The molecule has 1 aliphatic rings. The number of rotatable bonds is 2. The molecular formula is C17H11Cl2IN2O. The first-order chi connectivity index (χ1) is 11.0. The molecule has 23 heavy (non-hydrogen) atoms. The van der Waals surface area contributed by atoms with Crippen LogP contribution in [0, 0.1) is 3.57 Å². The van der Waals surface area contributed by atoms with Gasteiger partial charge in [-0.25, -0.2) is 0 Å². The Morgan fingerprint density at radius 1 is 1.13 bits per heavy atom. The molecule has 0 spiro atoms. The summed E-state index contributed by atoms with van der Waals surface area (Å²) in [5, 5.41) is 6.51. The molecule has 3 nitrogen and oxygen atoms in total. The number of carbonyl (C=O) groups excluding carboxylic acids is 1. The molecule has 0 saturated heterocycles. The minimum absolute atomic E-state index is 0.181. The van der Waals surface area contributed by atoms with Crippen LogP contribution >= 0.6 is 45.8 Å². The van der Waals surface area contributed by atoms with E-state index in [9.17, 15) is 4.79 Å². The van der Waals surface area contributed by atoms with E-state index in [-0.39, 0.29) is 5.91 Å². The van der Waals surface area contributed by atoms with Crippen molar-refractivity contribution in [2.45, 2.75) is 6.92 Å². The number of anilines is 1. The Morgan fingerprint density at radius 2 is 1.91 bits per heavy atom. The maximum atomic E-state index is 12.7. The van der Waals surface area contributed by atoms with E-state index in [0.29, 0.717) is 27.0 Å². The third kappa shape index (κ3) is 3.44. The second kappa shape index (κ2) is 6.63. The van der Waals surface area contributed by atoms with Gasteiger partial charge in [-0.2, -0.15) is 10.1 Å². The predicted octanol–water partition coefficient (Wildman–Crippen LogP) is 5.40. The van der Waals surface area contributed by atoms with E-state index < -0.39 is 0 Å². The summed E-state index contributed by atoms with van der Waals surface area (Å²) in [6.45, 7) is 1.81. The van der Waals surface area contributed by atoms with Crippen LogP contribution < -0.4 is 5.01 Å². The number of hydrogen-bond acceptors (Lipinski definition) is 2. The van der Waals surface area contributed by atoms with Crippen LogP contribution in [0.2, 0.25) is 10.0 Å². The van der Waals surface area contributed by atoms with Gasteiger partial charge in [0.2, 0.25) is 0 Å². The highest BCUT2D eigenvalue weighted by Gasteiger charge is 2.28. The van der Waals surface area contributed by atoms with Gasteiger partial charge in [0.15, 0.2) is 0 Å². The van der Waals surface area contributed by atoms with E-state index in [1.165, 1.54) is 5.01 Å². The molecular weight excluding hydrogens is 446 g/mol. The molecule has 0 saturated carbocycles. The summed E-state index contributed by atoms with van der Waals surface area (Å²) in [7, 11) is 0. The fourth-order valence-corrected chi connectivity index (χ4v) is 3.10. The van der Waals surface area contributed by atoms with E-state index >= 15 is 0 Å². The van der Waals surface area contributed by atoms with Gasteiger partial charge < -0.3 is 0 Å². The van der Waals surface area contributed by atoms with Crippen LogP contribution in [0.4, 0.5) is 5.69 Å². The molecule has 0 atom stereocenters. The van der Waals surface area contributed by atoms with Crippen molar-refractivity contribution in [3.8, 4) is 0 Å². The zero-order valence-electron chi connectivity index (χ0n) is 12.1. The van der Waals surface area contributed by atoms with Crippen LogP contribution in [0.5, 0.6) is 0 Å². The van der Waals surface area contributed by atoms with Gasteiger partial charge in [0, 0.05) is 3.57 Å². The minimum Gasteiger partial charge on any atom is -0.267 e. The van der Waals surface area contributed by atoms with Gasteiger partial charge in [0.25, 0.3) is 5.91 Å². The Bertz CT molecular complexity index is 861. The van der Waals surface area contributed by atoms with Gasteiger partial charge in [-0.1, -0.05) is 35.3 Å². The molecule has 6 heteroatoms. The highest BCUT2D eigenvalue weighted by atomic mass is 127. The zero-order chi connectivity index (χ0) is 16.6. The van der Waals surface area contributed by atoms with Crippen LogP contribution in [0.3, 0.4) is 0 Å². The Kier molecular flexibility index (Phi) is 4.75. The lowest BCUT2D eigenvalue weighted by Crippen LogP contribution is -2.21. The smallest absolute Gasteiger partial charge is 0.267 e. The average molecular weight is 457 g/mol. The van der Waals surface area contributed by atoms with Crippen molar-refractivity contribution in [3.63, 3.8) is 0 Å². The van der Waals surface area contributed by atoms with Gasteiger partial charge in [-0.05, 0) is 71.5 Å². The number of hydrogen-bond donors (Lipinski definition) is 0. The Labute approximate surface area is 157 Å². The summed E-state index contributed by atoms with van der Waals surface area (Å²) in [5.74, 6) is -0.181. The van der Waals surface area contributed by atoms with Crippen LogP contribution in [-0.4, -0.2) is 11.6 Å². The van der Waals surface area contributed by atoms with Gasteiger partial charge in [0.1, 0.15) is 0 Å². The lowest BCUT2D eigenvalue weighted by atomic mass is 10.1. The molecule has 0 aliphatic carbocycles. The fraction of sp³-hybridized carbons (Fsp3) is 0.0588. The van der Waals surface area contributed by atoms with E-state index in [0.717, 1.165) is 9.13 Å². The van der Waals surface area contributed by atoms with Crippen LogP contribution in [-0.2, 0) is 4.79 Å². The largest absolute Gasteiger partial charge is 0.280 e. The topological polar surface area (TPSA) is 32.7 Å². The normalized spacial score (nSPS) is 16.2. The quantitative estimate of drug-likeness (QED) is 0.439. The molecule has 0 radical (unpaired) electrons. The van der Waals surface area contributed by atoms with Crippen LogP contribution in [0.15, 0.2) is 53.1 Å². The fourth-order valence-electron chi connectivity index (χ4n) is 2.24. The summed E-state index contributed by atoms with van der Waals surface area (Å²) in [5.41, 5.74) is 2.79. The highest BCUT2D eigenvalue weighted by Crippen LogP contribution is 2.30. The number of amides is 1. The Hall–Kier alpha value is -1.37. The van der Waals surface area contributed by atoms with E-state index in [1.54, 1.807) is 18.2 Å². The summed E-state index contributed by atoms with van der Waals surface area (Å²) >= 11 is 14.2. The summed E-state index contributed by atoms with van der Waals surface area (Å²) in [4.78, 5) is 12.7. The Morgan fingerprint density at radius 3 is 2.61 bits per heavy atom. The maximum Gasteiger partial charge on any atom is 0.280 e. The standard InChI is InChI=1S/C17H11Cl2IN2O/c1-10-14(8-11-3-2-4-12(20)7-11)17(23)22(21-10)13-5-6-15(18)16(19)9-13/h2-9H,1H3/b14-8-. The Balaban J connectivity index is 1.96. The molecule has 2 aromatic carbocycles. The van der Waals surface area contributed by atoms with E-state index in [2.05, 4.69) is 27.7 Å². The molecule has 1 heterocycles. The zero-order valence-corrected chi connectivity index (χ0v) is 15.7. The number of benzene rings is 2. The molecule has 0 unspecified atom stereocenters. The monoisotopic (exact) mass is 456 g/mol. The molecule has 0 N–H and O–H groups in total. The number of hydrazone groups is 1. The van der Waals surface area contributed by atoms with Crippen molar-refractivity contribution in [1.29, 1.82) is 0 Å². The molecule has 0 fully saturated rings. The summed E-state index contributed by atoms with van der Waals surface area (Å²) in [6, 6.07) is 12.9. The van der Waals surface area contributed by atoms with Crippen molar-refractivity contribution in [2.75, 3.05) is 5.01 Å². The predicted molar refractivity (Wildman–Crippen MR) is 104 cm³/mol. The number of carbonyl (C=O) groups is 1. The minimum atomic E-state index is -0.181. The van der Waals surface area contributed by atoms with Gasteiger partial charge in [-0.3, -0.25) is 4.79 Å². The first-order valence-corrected chi connectivity index (χ1v) is 8.61. The van der Waals surface area contributed by atoms with Crippen molar-refractivity contribution < 1.29 is 4.79 Å². The number of halogens is 3. The summed E-state index contributed by atoms with van der Waals surface area (Å²) in [6.07, 6.45) is 1.85. The third-order valence-corrected chi connectivity index (χ3v) is 4.78.